The van der Waals surface area contributed by atoms with Gasteiger partial charge in [0.2, 0.25) is 0 Å². The number of carbonyl (C=O) groups is 1. The molecule has 0 bridgehead atoms. The smallest absolute Gasteiger partial charge is 0.336 e. The summed E-state index contributed by atoms with van der Waals surface area (Å²) in [5, 5.41) is 13.9. The van der Waals surface area contributed by atoms with Crippen LogP contribution < -0.4 is 0 Å². The van der Waals surface area contributed by atoms with E-state index in [9.17, 15) is 9.90 Å². The quantitative estimate of drug-likeness (QED) is 0.278. The molecule has 174 valence electrons. The number of hydrogen-bond acceptors (Lipinski definition) is 5. The number of rotatable bonds is 3. The molecule has 3 aromatic carbocycles. The predicted molar refractivity (Wildman–Crippen MR) is 145 cm³/mol. The Kier molecular flexibility index (Phi) is 4.66. The van der Waals surface area contributed by atoms with Gasteiger partial charge in [-0.15, -0.1) is 0 Å². The minimum atomic E-state index is -1.01. The first-order chi connectivity index (χ1) is 18.2. The van der Waals surface area contributed by atoms with E-state index in [0.29, 0.717) is 11.3 Å². The van der Waals surface area contributed by atoms with Crippen LogP contribution in [0.25, 0.3) is 66.1 Å². The number of pyridine rings is 4. The molecule has 0 spiro atoms. The fraction of sp³-hybridized carbons (Fsp3) is 0. The minimum absolute atomic E-state index is 0.178. The molecule has 6 heteroatoms. The predicted octanol–water partition coefficient (Wildman–Crippen LogP) is 6.91. The van der Waals surface area contributed by atoms with Crippen molar-refractivity contribution in [3.8, 4) is 22.5 Å². The van der Waals surface area contributed by atoms with E-state index in [1.165, 1.54) is 0 Å². The molecule has 4 aromatic heterocycles. The maximum Gasteiger partial charge on any atom is 0.336 e. The first-order valence-corrected chi connectivity index (χ1v) is 11.8. The summed E-state index contributed by atoms with van der Waals surface area (Å²) >= 11 is 0. The third kappa shape index (κ3) is 3.46. The second kappa shape index (κ2) is 8.17. The number of hydrogen-bond donors (Lipinski definition) is 1. The van der Waals surface area contributed by atoms with Gasteiger partial charge in [-0.2, -0.15) is 0 Å². The van der Waals surface area contributed by atoms with Crippen molar-refractivity contribution >= 4 is 49.6 Å². The third-order valence-corrected chi connectivity index (χ3v) is 6.69. The molecule has 0 aliphatic rings. The first-order valence-electron chi connectivity index (χ1n) is 11.8. The van der Waals surface area contributed by atoms with E-state index in [1.54, 1.807) is 24.5 Å². The van der Waals surface area contributed by atoms with Crippen LogP contribution in [0, 0.1) is 0 Å². The molecule has 6 nitrogen and oxygen atoms in total. The monoisotopic (exact) mass is 478 g/mol. The Labute approximate surface area is 210 Å². The number of aromatic carboxylic acids is 1. The van der Waals surface area contributed by atoms with Crippen LogP contribution in [-0.2, 0) is 0 Å². The second-order valence-electron chi connectivity index (χ2n) is 8.88. The number of nitrogens with zero attached hydrogens (tertiary/aromatic N) is 4. The standard InChI is InChI=1S/C31H18N4O2/c36-31(37)23-12-9-22(25-13-10-20-7-5-18-3-1-15-32-27(18)29(20)34-25)17-24(23)26-14-11-21-8-6-19-4-2-16-33-28(19)30(21)35-26/h1-17H,(H,36,37). The Morgan fingerprint density at radius 2 is 1.08 bits per heavy atom. The van der Waals surface area contributed by atoms with E-state index >= 15 is 0 Å². The highest BCUT2D eigenvalue weighted by molar-refractivity contribution is 6.05. The van der Waals surface area contributed by atoms with E-state index in [2.05, 4.69) is 9.97 Å². The summed E-state index contributed by atoms with van der Waals surface area (Å²) < 4.78 is 0. The van der Waals surface area contributed by atoms with Crippen LogP contribution in [0.4, 0.5) is 0 Å². The van der Waals surface area contributed by atoms with Crippen molar-refractivity contribution in [3.05, 3.63) is 109 Å². The number of carboxylic acids is 1. The van der Waals surface area contributed by atoms with Crippen LogP contribution in [-0.4, -0.2) is 31.0 Å². The van der Waals surface area contributed by atoms with Gasteiger partial charge in [0, 0.05) is 45.1 Å². The molecule has 0 saturated carbocycles. The SMILES string of the molecule is O=C(O)c1ccc(-c2ccc3ccc4cccnc4c3n2)cc1-c1ccc2ccc3cccnc3c2n1. The topological polar surface area (TPSA) is 88.9 Å². The van der Waals surface area contributed by atoms with Gasteiger partial charge in [-0.05, 0) is 36.4 Å². The molecule has 37 heavy (non-hydrogen) atoms. The molecule has 0 aliphatic carbocycles. The zero-order valence-electron chi connectivity index (χ0n) is 19.5. The number of fused-ring (bicyclic) bond motifs is 6. The molecule has 7 aromatic rings. The average molecular weight is 479 g/mol. The van der Waals surface area contributed by atoms with E-state index < -0.39 is 5.97 Å². The largest absolute Gasteiger partial charge is 0.478 e. The van der Waals surface area contributed by atoms with Crippen molar-refractivity contribution in [2.75, 3.05) is 0 Å². The average Bonchev–Trinajstić information content (AvgIpc) is 2.96. The summed E-state index contributed by atoms with van der Waals surface area (Å²) in [5.74, 6) is -1.01. The summed E-state index contributed by atoms with van der Waals surface area (Å²) in [6, 6.07) is 28.9. The maximum atomic E-state index is 12.2. The van der Waals surface area contributed by atoms with Crippen molar-refractivity contribution < 1.29 is 9.90 Å². The zero-order chi connectivity index (χ0) is 24.9. The number of aromatic nitrogens is 4. The Morgan fingerprint density at radius 1 is 0.568 bits per heavy atom. The van der Waals surface area contributed by atoms with Gasteiger partial charge >= 0.3 is 5.97 Å². The molecular weight excluding hydrogens is 460 g/mol. The van der Waals surface area contributed by atoms with Crippen LogP contribution in [0.15, 0.2) is 103 Å². The number of benzene rings is 3. The lowest BCUT2D eigenvalue weighted by Crippen LogP contribution is -2.01. The molecule has 7 rings (SSSR count). The molecule has 0 atom stereocenters. The first kappa shape index (κ1) is 21.1. The molecule has 0 unspecified atom stereocenters. The summed E-state index contributed by atoms with van der Waals surface area (Å²) in [4.78, 5) is 31.1. The van der Waals surface area contributed by atoms with Gasteiger partial charge in [0.05, 0.1) is 39.0 Å². The Morgan fingerprint density at radius 3 is 1.68 bits per heavy atom. The molecule has 0 saturated heterocycles. The summed E-state index contributed by atoms with van der Waals surface area (Å²) in [6.07, 6.45) is 3.50. The van der Waals surface area contributed by atoms with Gasteiger partial charge in [0.25, 0.3) is 0 Å². The lowest BCUT2D eigenvalue weighted by atomic mass is 9.98. The molecule has 0 radical (unpaired) electrons. The maximum absolute atomic E-state index is 12.2. The van der Waals surface area contributed by atoms with Crippen molar-refractivity contribution in [1.82, 2.24) is 19.9 Å². The van der Waals surface area contributed by atoms with Crippen LogP contribution in [0.2, 0.25) is 0 Å². The molecule has 4 heterocycles. The van der Waals surface area contributed by atoms with E-state index in [1.807, 2.05) is 78.9 Å². The highest BCUT2D eigenvalue weighted by Crippen LogP contribution is 2.32. The molecule has 0 aliphatic heterocycles. The minimum Gasteiger partial charge on any atom is -0.478 e. The normalized spacial score (nSPS) is 11.5. The van der Waals surface area contributed by atoms with Crippen molar-refractivity contribution in [2.45, 2.75) is 0 Å². The van der Waals surface area contributed by atoms with E-state index in [-0.39, 0.29) is 5.56 Å². The van der Waals surface area contributed by atoms with Gasteiger partial charge in [-0.3, -0.25) is 9.97 Å². The Bertz CT molecular complexity index is 2030. The van der Waals surface area contributed by atoms with Gasteiger partial charge < -0.3 is 5.11 Å². The third-order valence-electron chi connectivity index (χ3n) is 6.69. The second-order valence-corrected chi connectivity index (χ2v) is 8.88. The summed E-state index contributed by atoms with van der Waals surface area (Å²) in [7, 11) is 0. The lowest BCUT2D eigenvalue weighted by molar-refractivity contribution is 0.0697. The van der Waals surface area contributed by atoms with Gasteiger partial charge in [0.15, 0.2) is 0 Å². The van der Waals surface area contributed by atoms with Crippen LogP contribution in [0.1, 0.15) is 10.4 Å². The van der Waals surface area contributed by atoms with Gasteiger partial charge in [-0.1, -0.05) is 54.6 Å². The van der Waals surface area contributed by atoms with Crippen molar-refractivity contribution in [1.29, 1.82) is 0 Å². The zero-order valence-corrected chi connectivity index (χ0v) is 19.5. The van der Waals surface area contributed by atoms with E-state index in [0.717, 1.165) is 54.9 Å². The molecular formula is C31H18N4O2. The van der Waals surface area contributed by atoms with Crippen LogP contribution in [0.3, 0.4) is 0 Å². The van der Waals surface area contributed by atoms with Gasteiger partial charge in [0.1, 0.15) is 0 Å². The molecule has 1 N–H and O–H groups in total. The fourth-order valence-electron chi connectivity index (χ4n) is 4.86. The highest BCUT2D eigenvalue weighted by atomic mass is 16.4. The number of carboxylic acid groups (broad SMARTS) is 1. The van der Waals surface area contributed by atoms with Crippen LogP contribution >= 0.6 is 0 Å². The Hall–Kier alpha value is -5.23. The lowest BCUT2D eigenvalue weighted by Gasteiger charge is -2.11. The van der Waals surface area contributed by atoms with Crippen molar-refractivity contribution in [2.24, 2.45) is 0 Å². The summed E-state index contributed by atoms with van der Waals surface area (Å²) in [6.45, 7) is 0. The Balaban J connectivity index is 1.44. The van der Waals surface area contributed by atoms with E-state index in [4.69, 9.17) is 9.97 Å². The van der Waals surface area contributed by atoms with Crippen molar-refractivity contribution in [3.63, 3.8) is 0 Å². The molecule has 0 amide bonds. The summed E-state index contributed by atoms with van der Waals surface area (Å²) in [5.41, 5.74) is 5.96. The fourth-order valence-corrected chi connectivity index (χ4v) is 4.86. The highest BCUT2D eigenvalue weighted by Gasteiger charge is 2.16. The van der Waals surface area contributed by atoms with Crippen LogP contribution in [0.5, 0.6) is 0 Å². The van der Waals surface area contributed by atoms with Gasteiger partial charge in [-0.25, -0.2) is 14.8 Å². The molecule has 0 fully saturated rings.